The number of aliphatic hydroxyl groups is 1. The Labute approximate surface area is 176 Å². The molecule has 0 spiro atoms. The maximum Gasteiger partial charge on any atom is 0.254 e. The first kappa shape index (κ1) is 20.8. The van der Waals surface area contributed by atoms with Gasteiger partial charge < -0.3 is 21.1 Å². The number of nitrogens with one attached hydrogen (secondary N) is 1. The van der Waals surface area contributed by atoms with Gasteiger partial charge >= 0.3 is 0 Å². The van der Waals surface area contributed by atoms with Crippen molar-refractivity contribution in [2.75, 3.05) is 10.2 Å². The fourth-order valence-corrected chi connectivity index (χ4v) is 5.21. The molecule has 4 N–H and O–H groups in total. The number of ketones is 1. The molecular formula is C22H31N5O3. The van der Waals surface area contributed by atoms with E-state index in [1.807, 2.05) is 18.0 Å². The molecule has 2 aliphatic carbocycles. The first-order chi connectivity index (χ1) is 14.2. The fraction of sp³-hybridized carbons (Fsp3) is 0.636. The second kappa shape index (κ2) is 7.65. The van der Waals surface area contributed by atoms with Crippen molar-refractivity contribution in [2.24, 2.45) is 17.1 Å². The lowest BCUT2D eigenvalue weighted by atomic mass is 9.68. The zero-order valence-corrected chi connectivity index (χ0v) is 17.9. The van der Waals surface area contributed by atoms with Gasteiger partial charge in [-0.05, 0) is 37.2 Å². The highest BCUT2D eigenvalue weighted by Crippen LogP contribution is 2.45. The second-order valence-electron chi connectivity index (χ2n) is 9.74. The van der Waals surface area contributed by atoms with Crippen LogP contribution in [0, 0.1) is 11.3 Å². The Kier molecular flexibility index (Phi) is 5.30. The number of aliphatic hydroxyl groups excluding tert-OH is 1. The number of Topliss-reactive ketones (excluding diaryl/α,β-unsaturated/α-hetero) is 1. The van der Waals surface area contributed by atoms with Crippen LogP contribution in [0.25, 0.3) is 0 Å². The number of rotatable bonds is 4. The number of hydrogen-bond donors (Lipinski definition) is 3. The molecule has 0 saturated heterocycles. The summed E-state index contributed by atoms with van der Waals surface area (Å²) in [4.78, 5) is 35.7. The summed E-state index contributed by atoms with van der Waals surface area (Å²) in [6, 6.07) is -0.216. The lowest BCUT2D eigenvalue weighted by Gasteiger charge is -2.40. The van der Waals surface area contributed by atoms with Gasteiger partial charge in [-0.25, -0.2) is 4.98 Å². The van der Waals surface area contributed by atoms with Gasteiger partial charge in [0.25, 0.3) is 5.91 Å². The molecule has 4 unspecified atom stereocenters. The normalized spacial score (nSPS) is 30.6. The molecule has 4 rings (SSSR count). The fourth-order valence-electron chi connectivity index (χ4n) is 5.21. The molecule has 1 amide bonds. The van der Waals surface area contributed by atoms with Crippen molar-refractivity contribution >= 4 is 23.5 Å². The first-order valence-electron chi connectivity index (χ1n) is 10.8. The monoisotopic (exact) mass is 413 g/mol. The van der Waals surface area contributed by atoms with Crippen molar-refractivity contribution in [3.63, 3.8) is 0 Å². The number of amides is 1. The lowest BCUT2D eigenvalue weighted by molar-refractivity contribution is -0.126. The summed E-state index contributed by atoms with van der Waals surface area (Å²) in [6.45, 7) is 6.20. The lowest BCUT2D eigenvalue weighted by Crippen LogP contribution is -2.46. The minimum atomic E-state index is -0.616. The minimum absolute atomic E-state index is 0.0335. The number of hydrogen-bond acceptors (Lipinski definition) is 7. The summed E-state index contributed by atoms with van der Waals surface area (Å²) < 4.78 is 0. The number of nitrogens with zero attached hydrogens (tertiary/aromatic N) is 3. The van der Waals surface area contributed by atoms with E-state index < -0.39 is 12.0 Å². The van der Waals surface area contributed by atoms with E-state index in [0.717, 1.165) is 37.7 Å². The molecule has 2 fully saturated rings. The average molecular weight is 414 g/mol. The summed E-state index contributed by atoms with van der Waals surface area (Å²) in [5, 5.41) is 13.6. The Morgan fingerprint density at radius 1 is 1.33 bits per heavy atom. The van der Waals surface area contributed by atoms with E-state index in [4.69, 9.17) is 5.73 Å². The van der Waals surface area contributed by atoms with Crippen LogP contribution in [0.1, 0.15) is 69.7 Å². The molecule has 4 atom stereocenters. The molecule has 0 radical (unpaired) electrons. The smallest absolute Gasteiger partial charge is 0.254 e. The van der Waals surface area contributed by atoms with Crippen LogP contribution in [0.3, 0.4) is 0 Å². The van der Waals surface area contributed by atoms with E-state index in [-0.39, 0.29) is 34.8 Å². The molecule has 1 aromatic heterocycles. The molecule has 30 heavy (non-hydrogen) atoms. The zero-order chi connectivity index (χ0) is 21.6. The van der Waals surface area contributed by atoms with E-state index in [1.54, 1.807) is 0 Å². The van der Waals surface area contributed by atoms with Crippen molar-refractivity contribution in [2.45, 2.75) is 77.5 Å². The van der Waals surface area contributed by atoms with E-state index in [2.05, 4.69) is 29.1 Å². The van der Waals surface area contributed by atoms with Gasteiger partial charge in [0.2, 0.25) is 5.95 Å². The summed E-state index contributed by atoms with van der Waals surface area (Å²) in [7, 11) is 0. The maximum atomic E-state index is 12.8. The third-order valence-electron chi connectivity index (χ3n) is 6.66. The van der Waals surface area contributed by atoms with Crippen molar-refractivity contribution < 1.29 is 14.7 Å². The number of nitrogens with two attached hydrogens (primary N) is 1. The Balaban J connectivity index is 1.67. The van der Waals surface area contributed by atoms with Gasteiger partial charge in [0.15, 0.2) is 0 Å². The third-order valence-corrected chi connectivity index (χ3v) is 6.66. The summed E-state index contributed by atoms with van der Waals surface area (Å²) >= 11 is 0. The highest BCUT2D eigenvalue weighted by molar-refractivity contribution is 5.97. The van der Waals surface area contributed by atoms with Gasteiger partial charge in [0, 0.05) is 18.8 Å². The van der Waals surface area contributed by atoms with Gasteiger partial charge in [-0.1, -0.05) is 26.7 Å². The number of anilines is 2. The number of carbonyl (C=O) groups excluding carboxylic acids is 2. The molecule has 162 valence electrons. The predicted molar refractivity (Wildman–Crippen MR) is 114 cm³/mol. The molecule has 1 aliphatic heterocycles. The van der Waals surface area contributed by atoms with E-state index in [9.17, 15) is 14.7 Å². The van der Waals surface area contributed by atoms with Gasteiger partial charge in [-0.15, -0.1) is 0 Å². The van der Waals surface area contributed by atoms with Gasteiger partial charge in [-0.2, -0.15) is 4.98 Å². The average Bonchev–Trinajstić information content (AvgIpc) is 2.98. The van der Waals surface area contributed by atoms with Gasteiger partial charge in [0.1, 0.15) is 11.6 Å². The molecule has 0 aromatic carbocycles. The number of primary amides is 1. The SMILES string of the molecule is CC1=CN(c2ncc(C(N)=O)c(NC3CCCCC3O)n2)C2CC(C)(C)CC(=O)C12. The second-order valence-corrected chi connectivity index (χ2v) is 9.74. The van der Waals surface area contributed by atoms with Crippen LogP contribution >= 0.6 is 0 Å². The minimum Gasteiger partial charge on any atom is -0.391 e. The number of fused-ring (bicyclic) bond motifs is 1. The topological polar surface area (TPSA) is 121 Å². The van der Waals surface area contributed by atoms with Crippen LogP contribution in [0.5, 0.6) is 0 Å². The third kappa shape index (κ3) is 3.80. The molecule has 3 aliphatic rings. The summed E-state index contributed by atoms with van der Waals surface area (Å²) in [6.07, 6.45) is 7.83. The number of carbonyl (C=O) groups is 2. The molecule has 8 nitrogen and oxygen atoms in total. The highest BCUT2D eigenvalue weighted by atomic mass is 16.3. The predicted octanol–water partition coefficient (Wildman–Crippen LogP) is 2.39. The van der Waals surface area contributed by atoms with Crippen LogP contribution in [0.2, 0.25) is 0 Å². The van der Waals surface area contributed by atoms with Gasteiger partial charge in [-0.3, -0.25) is 9.59 Å². The van der Waals surface area contributed by atoms with E-state index >= 15 is 0 Å². The van der Waals surface area contributed by atoms with Crippen molar-refractivity contribution in [3.05, 3.63) is 23.5 Å². The maximum absolute atomic E-state index is 12.8. The first-order valence-corrected chi connectivity index (χ1v) is 10.8. The number of aromatic nitrogens is 2. The highest BCUT2D eigenvalue weighted by Gasteiger charge is 2.47. The Bertz CT molecular complexity index is 897. The van der Waals surface area contributed by atoms with E-state index in [0.29, 0.717) is 18.2 Å². The zero-order valence-electron chi connectivity index (χ0n) is 17.9. The van der Waals surface area contributed by atoms with Crippen molar-refractivity contribution in [1.82, 2.24) is 9.97 Å². The van der Waals surface area contributed by atoms with Crippen LogP contribution in [0.15, 0.2) is 18.0 Å². The molecule has 2 heterocycles. The quantitative estimate of drug-likeness (QED) is 0.693. The summed E-state index contributed by atoms with van der Waals surface area (Å²) in [5.41, 5.74) is 6.68. The largest absolute Gasteiger partial charge is 0.391 e. The standard InChI is InChI=1S/C22H31N5O3/c1-12-11-27(15-8-22(2,3)9-17(29)18(12)15)21-24-10-13(19(23)30)20(26-21)25-14-6-4-5-7-16(14)28/h10-11,14-16,18,28H,4-9H2,1-3H3,(H2,23,30)(H,24,25,26). The van der Waals surface area contributed by atoms with Crippen LogP contribution in [-0.4, -0.2) is 45.0 Å². The van der Waals surface area contributed by atoms with Crippen molar-refractivity contribution in [3.8, 4) is 0 Å². The Morgan fingerprint density at radius 2 is 2.07 bits per heavy atom. The Hall–Kier alpha value is -2.48. The molecule has 2 saturated carbocycles. The molecule has 0 bridgehead atoms. The van der Waals surface area contributed by atoms with Crippen LogP contribution < -0.4 is 16.0 Å². The molecule has 8 heteroatoms. The van der Waals surface area contributed by atoms with E-state index in [1.165, 1.54) is 6.20 Å². The molecular weight excluding hydrogens is 382 g/mol. The van der Waals surface area contributed by atoms with Crippen molar-refractivity contribution in [1.29, 1.82) is 0 Å². The van der Waals surface area contributed by atoms with Crippen LogP contribution in [-0.2, 0) is 4.79 Å². The van der Waals surface area contributed by atoms with Crippen LogP contribution in [0.4, 0.5) is 11.8 Å². The van der Waals surface area contributed by atoms with Gasteiger partial charge in [0.05, 0.1) is 29.7 Å². The molecule has 1 aromatic rings. The Morgan fingerprint density at radius 3 is 2.77 bits per heavy atom. The summed E-state index contributed by atoms with van der Waals surface area (Å²) in [5.74, 6) is 0.271.